The summed E-state index contributed by atoms with van der Waals surface area (Å²) in [6.45, 7) is 4.02. The highest BCUT2D eigenvalue weighted by Crippen LogP contribution is 2.38. The van der Waals surface area contributed by atoms with Gasteiger partial charge in [-0.2, -0.15) is 0 Å². The molecule has 0 fully saturated rings. The predicted molar refractivity (Wildman–Crippen MR) is 91.0 cm³/mol. The van der Waals surface area contributed by atoms with Gasteiger partial charge >= 0.3 is 0 Å². The molecule has 0 aliphatic rings. The Hall–Kier alpha value is -1.19. The number of hydrogen-bond donors (Lipinski definition) is 0. The van der Waals surface area contributed by atoms with E-state index >= 15 is 0 Å². The van der Waals surface area contributed by atoms with Gasteiger partial charge in [0.2, 0.25) is 0 Å². The highest BCUT2D eigenvalue weighted by Gasteiger charge is 2.16. The summed E-state index contributed by atoms with van der Waals surface area (Å²) < 4.78 is 11.1. The third-order valence-corrected chi connectivity index (χ3v) is 4.27. The standard InChI is InChI=1S/C17H18BrClO2/c1-11(2)21-14-7-4-12(5-8-14)17(18)15-10-13(19)6-9-16(15)20-3/h4-11,17H,1-3H3. The van der Waals surface area contributed by atoms with E-state index in [4.69, 9.17) is 21.1 Å². The van der Waals surface area contributed by atoms with Gasteiger partial charge < -0.3 is 9.47 Å². The molecule has 1 unspecified atom stereocenters. The van der Waals surface area contributed by atoms with Crippen molar-refractivity contribution in [1.29, 1.82) is 0 Å². The highest BCUT2D eigenvalue weighted by molar-refractivity contribution is 9.09. The molecule has 2 rings (SSSR count). The summed E-state index contributed by atoms with van der Waals surface area (Å²) >= 11 is 9.81. The lowest BCUT2D eigenvalue weighted by atomic mass is 10.0. The molecular weight excluding hydrogens is 352 g/mol. The first kappa shape index (κ1) is 16.2. The average molecular weight is 370 g/mol. The van der Waals surface area contributed by atoms with E-state index in [9.17, 15) is 0 Å². The normalized spacial score (nSPS) is 12.3. The molecule has 0 aliphatic carbocycles. The van der Waals surface area contributed by atoms with Crippen molar-refractivity contribution in [3.8, 4) is 11.5 Å². The van der Waals surface area contributed by atoms with Gasteiger partial charge in [-0.15, -0.1) is 0 Å². The Bertz CT molecular complexity index is 596. The first-order valence-corrected chi connectivity index (χ1v) is 8.04. The quantitative estimate of drug-likeness (QED) is 0.637. The van der Waals surface area contributed by atoms with E-state index in [1.165, 1.54) is 0 Å². The van der Waals surface area contributed by atoms with Crippen molar-refractivity contribution in [2.24, 2.45) is 0 Å². The second kappa shape index (κ2) is 7.19. The van der Waals surface area contributed by atoms with Gasteiger partial charge in [-0.3, -0.25) is 0 Å². The Balaban J connectivity index is 2.27. The van der Waals surface area contributed by atoms with Crippen molar-refractivity contribution in [3.63, 3.8) is 0 Å². The van der Waals surface area contributed by atoms with Gasteiger partial charge in [0.25, 0.3) is 0 Å². The molecule has 0 saturated heterocycles. The van der Waals surface area contributed by atoms with E-state index in [-0.39, 0.29) is 10.9 Å². The van der Waals surface area contributed by atoms with Gasteiger partial charge in [0, 0.05) is 10.6 Å². The van der Waals surface area contributed by atoms with Crippen molar-refractivity contribution in [3.05, 3.63) is 58.6 Å². The fourth-order valence-corrected chi connectivity index (χ4v) is 2.91. The van der Waals surface area contributed by atoms with Crippen LogP contribution in [0.25, 0.3) is 0 Å². The first-order chi connectivity index (χ1) is 10.0. The molecule has 0 bridgehead atoms. The molecule has 0 saturated carbocycles. The fraction of sp³-hybridized carbons (Fsp3) is 0.294. The monoisotopic (exact) mass is 368 g/mol. The molecule has 0 N–H and O–H groups in total. The Morgan fingerprint density at radius 1 is 1.05 bits per heavy atom. The van der Waals surface area contributed by atoms with Crippen molar-refractivity contribution in [1.82, 2.24) is 0 Å². The van der Waals surface area contributed by atoms with E-state index in [2.05, 4.69) is 15.9 Å². The topological polar surface area (TPSA) is 18.5 Å². The number of ether oxygens (including phenoxy) is 2. The molecular formula is C17H18BrClO2. The number of rotatable bonds is 5. The Morgan fingerprint density at radius 2 is 1.71 bits per heavy atom. The van der Waals surface area contributed by atoms with Crippen molar-refractivity contribution < 1.29 is 9.47 Å². The zero-order valence-electron chi connectivity index (χ0n) is 12.3. The molecule has 4 heteroatoms. The molecule has 112 valence electrons. The zero-order chi connectivity index (χ0) is 15.4. The highest BCUT2D eigenvalue weighted by atomic mass is 79.9. The van der Waals surface area contributed by atoms with Crippen LogP contribution in [0.2, 0.25) is 5.02 Å². The van der Waals surface area contributed by atoms with Crippen molar-refractivity contribution in [2.75, 3.05) is 7.11 Å². The lowest BCUT2D eigenvalue weighted by Gasteiger charge is -2.16. The Kier molecular flexibility index (Phi) is 5.54. The summed E-state index contributed by atoms with van der Waals surface area (Å²) in [6.07, 6.45) is 0.170. The van der Waals surface area contributed by atoms with Gasteiger partial charge in [-0.25, -0.2) is 0 Å². The van der Waals surface area contributed by atoms with Crippen LogP contribution < -0.4 is 9.47 Å². The zero-order valence-corrected chi connectivity index (χ0v) is 14.6. The molecule has 1 atom stereocenters. The number of hydrogen-bond acceptors (Lipinski definition) is 2. The summed E-state index contributed by atoms with van der Waals surface area (Å²) in [5.74, 6) is 1.68. The first-order valence-electron chi connectivity index (χ1n) is 6.75. The van der Waals surface area contributed by atoms with E-state index in [0.717, 1.165) is 22.6 Å². The van der Waals surface area contributed by atoms with Gasteiger partial charge in [-0.05, 0) is 49.7 Å². The summed E-state index contributed by atoms with van der Waals surface area (Å²) in [5, 5.41) is 0.690. The molecule has 2 aromatic carbocycles. The Labute approximate surface area is 139 Å². The summed E-state index contributed by atoms with van der Waals surface area (Å²) in [6, 6.07) is 13.6. The largest absolute Gasteiger partial charge is 0.496 e. The molecule has 2 aromatic rings. The van der Waals surface area contributed by atoms with Crippen LogP contribution in [0.3, 0.4) is 0 Å². The predicted octanol–water partition coefficient (Wildman–Crippen LogP) is 5.62. The van der Waals surface area contributed by atoms with Crippen LogP contribution in [-0.2, 0) is 0 Å². The van der Waals surface area contributed by atoms with Gasteiger partial charge in [-0.1, -0.05) is 39.7 Å². The molecule has 0 spiro atoms. The van der Waals surface area contributed by atoms with Crippen LogP contribution >= 0.6 is 27.5 Å². The van der Waals surface area contributed by atoms with Gasteiger partial charge in [0.15, 0.2) is 0 Å². The molecule has 21 heavy (non-hydrogen) atoms. The summed E-state index contributed by atoms with van der Waals surface area (Å²) in [4.78, 5) is 0.0132. The third-order valence-electron chi connectivity index (χ3n) is 3.01. The number of alkyl halides is 1. The second-order valence-electron chi connectivity index (χ2n) is 4.98. The smallest absolute Gasteiger partial charge is 0.123 e. The number of methoxy groups -OCH3 is 1. The van der Waals surface area contributed by atoms with Crippen LogP contribution in [0.5, 0.6) is 11.5 Å². The fourth-order valence-electron chi connectivity index (χ4n) is 2.07. The maximum absolute atomic E-state index is 6.09. The maximum atomic E-state index is 6.09. The van der Waals surface area contributed by atoms with Crippen LogP contribution in [0.15, 0.2) is 42.5 Å². The third kappa shape index (κ3) is 4.14. The van der Waals surface area contributed by atoms with E-state index in [1.807, 2.05) is 56.3 Å². The number of benzene rings is 2. The van der Waals surface area contributed by atoms with Gasteiger partial charge in [0.1, 0.15) is 11.5 Å². The minimum atomic E-state index is 0.0132. The maximum Gasteiger partial charge on any atom is 0.123 e. The molecule has 0 heterocycles. The van der Waals surface area contributed by atoms with Crippen LogP contribution in [0, 0.1) is 0 Å². The summed E-state index contributed by atoms with van der Waals surface area (Å²) in [7, 11) is 1.66. The van der Waals surface area contributed by atoms with Crippen molar-refractivity contribution >= 4 is 27.5 Å². The lowest BCUT2D eigenvalue weighted by Crippen LogP contribution is -2.05. The number of halogens is 2. The second-order valence-corrected chi connectivity index (χ2v) is 6.34. The van der Waals surface area contributed by atoms with Gasteiger partial charge in [0.05, 0.1) is 18.0 Å². The molecule has 0 amide bonds. The summed E-state index contributed by atoms with van der Waals surface area (Å²) in [5.41, 5.74) is 2.12. The van der Waals surface area contributed by atoms with E-state index < -0.39 is 0 Å². The van der Waals surface area contributed by atoms with Crippen molar-refractivity contribution in [2.45, 2.75) is 24.8 Å². The molecule has 0 aromatic heterocycles. The minimum Gasteiger partial charge on any atom is -0.496 e. The minimum absolute atomic E-state index is 0.0132. The SMILES string of the molecule is COc1ccc(Cl)cc1C(Br)c1ccc(OC(C)C)cc1. The van der Waals surface area contributed by atoms with Crippen LogP contribution in [0.1, 0.15) is 29.8 Å². The van der Waals surface area contributed by atoms with Crippen LogP contribution in [-0.4, -0.2) is 13.2 Å². The van der Waals surface area contributed by atoms with Crippen LogP contribution in [0.4, 0.5) is 0 Å². The molecule has 0 radical (unpaired) electrons. The lowest BCUT2D eigenvalue weighted by molar-refractivity contribution is 0.242. The van der Waals surface area contributed by atoms with E-state index in [0.29, 0.717) is 5.02 Å². The molecule has 0 aliphatic heterocycles. The Morgan fingerprint density at radius 3 is 2.29 bits per heavy atom. The van der Waals surface area contributed by atoms with E-state index in [1.54, 1.807) is 7.11 Å². The average Bonchev–Trinajstić information content (AvgIpc) is 2.46. The molecule has 2 nitrogen and oxygen atoms in total.